The molecule has 7 nitrogen and oxygen atoms in total. The van der Waals surface area contributed by atoms with Crippen molar-refractivity contribution in [3.8, 4) is 0 Å². The molecule has 2 saturated heterocycles. The molecule has 0 spiro atoms. The Morgan fingerprint density at radius 1 is 1.16 bits per heavy atom. The van der Waals surface area contributed by atoms with Gasteiger partial charge >= 0.3 is 0 Å². The molecular formula is C18H26N4O3. The summed E-state index contributed by atoms with van der Waals surface area (Å²) in [5, 5.41) is 4.32. The summed E-state index contributed by atoms with van der Waals surface area (Å²) in [6.07, 6.45) is 9.24. The van der Waals surface area contributed by atoms with E-state index in [1.165, 1.54) is 12.8 Å². The Balaban J connectivity index is 1.28. The Bertz CT molecular complexity index is 647. The van der Waals surface area contributed by atoms with Crippen LogP contribution in [0, 0.1) is 11.8 Å². The van der Waals surface area contributed by atoms with Crippen LogP contribution in [0.15, 0.2) is 12.4 Å². The zero-order chi connectivity index (χ0) is 17.4. The molecule has 0 unspecified atom stereocenters. The van der Waals surface area contributed by atoms with Gasteiger partial charge in [-0.15, -0.1) is 0 Å². The largest absolute Gasteiger partial charge is 0.367 e. The van der Waals surface area contributed by atoms with Gasteiger partial charge in [0.05, 0.1) is 17.9 Å². The molecule has 1 aliphatic carbocycles. The standard InChI is InChI=1S/C18H26N4O3/c19-17(23)16-4-3-15(25-16)13-5-7-21(8-6-13)18(24)14-9-20-22(11-14)10-12-1-2-12/h9,11-13,15-16H,1-8,10H2,(H2,19,23)/t15-,16+/m0/s1. The van der Waals surface area contributed by atoms with E-state index in [2.05, 4.69) is 5.10 Å². The Labute approximate surface area is 147 Å². The van der Waals surface area contributed by atoms with Gasteiger partial charge in [0, 0.05) is 25.8 Å². The predicted molar refractivity (Wildman–Crippen MR) is 90.7 cm³/mol. The van der Waals surface area contributed by atoms with Crippen LogP contribution in [0.2, 0.25) is 0 Å². The molecule has 2 atom stereocenters. The van der Waals surface area contributed by atoms with Crippen LogP contribution in [0.3, 0.4) is 0 Å². The Morgan fingerprint density at radius 2 is 1.92 bits per heavy atom. The van der Waals surface area contributed by atoms with Crippen molar-refractivity contribution in [3.05, 3.63) is 18.0 Å². The third-order valence-corrected chi connectivity index (χ3v) is 5.74. The highest BCUT2D eigenvalue weighted by Gasteiger charge is 2.36. The van der Waals surface area contributed by atoms with Crippen molar-refractivity contribution >= 4 is 11.8 Å². The van der Waals surface area contributed by atoms with Crippen molar-refractivity contribution in [1.29, 1.82) is 0 Å². The third kappa shape index (κ3) is 3.71. The third-order valence-electron chi connectivity index (χ3n) is 5.74. The highest BCUT2D eigenvalue weighted by Crippen LogP contribution is 2.32. The molecule has 7 heteroatoms. The fraction of sp³-hybridized carbons (Fsp3) is 0.722. The molecule has 3 fully saturated rings. The van der Waals surface area contributed by atoms with Crippen LogP contribution in [-0.2, 0) is 16.1 Å². The van der Waals surface area contributed by atoms with Gasteiger partial charge in [0.15, 0.2) is 0 Å². The lowest BCUT2D eigenvalue weighted by Crippen LogP contribution is -2.41. The van der Waals surface area contributed by atoms with Crippen molar-refractivity contribution in [2.24, 2.45) is 17.6 Å². The lowest BCUT2D eigenvalue weighted by molar-refractivity contribution is -0.130. The molecule has 3 aliphatic rings. The first-order valence-electron chi connectivity index (χ1n) is 9.36. The molecule has 1 saturated carbocycles. The van der Waals surface area contributed by atoms with Crippen molar-refractivity contribution in [2.75, 3.05) is 13.1 Å². The van der Waals surface area contributed by atoms with Gasteiger partial charge in [0.2, 0.25) is 5.91 Å². The van der Waals surface area contributed by atoms with Crippen LogP contribution >= 0.6 is 0 Å². The molecule has 1 aromatic heterocycles. The fourth-order valence-corrected chi connectivity index (χ4v) is 4.01. The first-order valence-corrected chi connectivity index (χ1v) is 9.36. The first kappa shape index (κ1) is 16.6. The number of primary amides is 1. The number of hydrogen-bond acceptors (Lipinski definition) is 4. The van der Waals surface area contributed by atoms with E-state index in [9.17, 15) is 9.59 Å². The van der Waals surface area contributed by atoms with E-state index in [4.69, 9.17) is 10.5 Å². The summed E-state index contributed by atoms with van der Waals surface area (Å²) in [6.45, 7) is 2.40. The van der Waals surface area contributed by atoms with Gasteiger partial charge in [-0.2, -0.15) is 5.10 Å². The maximum atomic E-state index is 12.7. The number of amides is 2. The molecule has 0 aromatic carbocycles. The number of nitrogens with zero attached hydrogens (tertiary/aromatic N) is 3. The van der Waals surface area contributed by atoms with E-state index in [-0.39, 0.29) is 17.9 Å². The van der Waals surface area contributed by atoms with E-state index in [1.807, 2.05) is 15.8 Å². The summed E-state index contributed by atoms with van der Waals surface area (Å²) >= 11 is 0. The second kappa shape index (κ2) is 6.78. The smallest absolute Gasteiger partial charge is 0.257 e. The zero-order valence-electron chi connectivity index (χ0n) is 14.5. The monoisotopic (exact) mass is 346 g/mol. The molecule has 3 heterocycles. The van der Waals surface area contributed by atoms with Gasteiger partial charge in [-0.1, -0.05) is 0 Å². The molecule has 25 heavy (non-hydrogen) atoms. The molecule has 4 rings (SSSR count). The SMILES string of the molecule is NC(=O)[C@H]1CC[C@@H](C2CCN(C(=O)c3cnn(CC4CC4)c3)CC2)O1. The van der Waals surface area contributed by atoms with Crippen molar-refractivity contribution in [1.82, 2.24) is 14.7 Å². The Hall–Kier alpha value is -1.89. The summed E-state index contributed by atoms with van der Waals surface area (Å²) < 4.78 is 7.69. The Morgan fingerprint density at radius 3 is 2.56 bits per heavy atom. The van der Waals surface area contributed by atoms with E-state index in [1.54, 1.807) is 6.20 Å². The molecule has 2 aliphatic heterocycles. The maximum Gasteiger partial charge on any atom is 0.257 e. The minimum Gasteiger partial charge on any atom is -0.367 e. The number of aromatic nitrogens is 2. The fourth-order valence-electron chi connectivity index (χ4n) is 4.01. The number of ether oxygens (including phenoxy) is 1. The van der Waals surface area contributed by atoms with Crippen molar-refractivity contribution in [3.63, 3.8) is 0 Å². The van der Waals surface area contributed by atoms with Crippen LogP contribution in [0.5, 0.6) is 0 Å². The molecule has 0 bridgehead atoms. The number of hydrogen-bond donors (Lipinski definition) is 1. The van der Waals surface area contributed by atoms with E-state index in [0.29, 0.717) is 11.5 Å². The van der Waals surface area contributed by atoms with E-state index >= 15 is 0 Å². The summed E-state index contributed by atoms with van der Waals surface area (Å²) in [5.74, 6) is 0.862. The van der Waals surface area contributed by atoms with Gasteiger partial charge in [-0.25, -0.2) is 0 Å². The minimum atomic E-state index is -0.429. The first-order chi connectivity index (χ1) is 12.1. The molecule has 136 valence electrons. The molecule has 2 N–H and O–H groups in total. The minimum absolute atomic E-state index is 0.0721. The van der Waals surface area contributed by atoms with Gasteiger partial charge in [0.25, 0.3) is 5.91 Å². The maximum absolute atomic E-state index is 12.7. The second-order valence-electron chi connectivity index (χ2n) is 7.67. The number of rotatable bonds is 5. The quantitative estimate of drug-likeness (QED) is 0.867. The number of carbonyl (C=O) groups is 2. The zero-order valence-corrected chi connectivity index (χ0v) is 14.5. The van der Waals surface area contributed by atoms with Crippen LogP contribution in [0.1, 0.15) is 48.9 Å². The van der Waals surface area contributed by atoms with Crippen molar-refractivity contribution in [2.45, 2.75) is 57.3 Å². The van der Waals surface area contributed by atoms with Crippen LogP contribution < -0.4 is 5.73 Å². The summed E-state index contributed by atoms with van der Waals surface area (Å²) in [6, 6.07) is 0. The molecule has 0 radical (unpaired) electrons. The molecule has 2 amide bonds. The number of nitrogens with two attached hydrogens (primary N) is 1. The highest BCUT2D eigenvalue weighted by atomic mass is 16.5. The average Bonchev–Trinajstić information content (AvgIpc) is 3.11. The number of piperidine rings is 1. The summed E-state index contributed by atoms with van der Waals surface area (Å²) in [4.78, 5) is 25.8. The lowest BCUT2D eigenvalue weighted by Gasteiger charge is -2.34. The number of carbonyl (C=O) groups excluding carboxylic acids is 2. The molecule has 1 aromatic rings. The van der Waals surface area contributed by atoms with Gasteiger partial charge in [-0.05, 0) is 50.4 Å². The second-order valence-corrected chi connectivity index (χ2v) is 7.67. The van der Waals surface area contributed by atoms with E-state index < -0.39 is 6.10 Å². The van der Waals surface area contributed by atoms with Gasteiger partial charge < -0.3 is 15.4 Å². The van der Waals surface area contributed by atoms with E-state index in [0.717, 1.165) is 51.2 Å². The topological polar surface area (TPSA) is 90.5 Å². The van der Waals surface area contributed by atoms with Gasteiger partial charge in [0.1, 0.15) is 6.10 Å². The lowest BCUT2D eigenvalue weighted by atomic mass is 9.89. The van der Waals surface area contributed by atoms with Crippen LogP contribution in [0.4, 0.5) is 0 Å². The summed E-state index contributed by atoms with van der Waals surface area (Å²) in [5.41, 5.74) is 6.01. The summed E-state index contributed by atoms with van der Waals surface area (Å²) in [7, 11) is 0. The van der Waals surface area contributed by atoms with Gasteiger partial charge in [-0.3, -0.25) is 14.3 Å². The van der Waals surface area contributed by atoms with Crippen molar-refractivity contribution < 1.29 is 14.3 Å². The normalized spacial score (nSPS) is 27.6. The highest BCUT2D eigenvalue weighted by molar-refractivity contribution is 5.93. The molecular weight excluding hydrogens is 320 g/mol. The average molecular weight is 346 g/mol. The predicted octanol–water partition coefficient (Wildman–Crippen LogP) is 1.18. The number of likely N-dealkylation sites (tertiary alicyclic amines) is 1. The van der Waals surface area contributed by atoms with Crippen LogP contribution in [0.25, 0.3) is 0 Å². The Kier molecular flexibility index (Phi) is 4.50. The van der Waals surface area contributed by atoms with Crippen LogP contribution in [-0.4, -0.2) is 51.8 Å².